The Morgan fingerprint density at radius 2 is 1.91 bits per heavy atom. The van der Waals surface area contributed by atoms with Crippen molar-refractivity contribution >= 4 is 23.4 Å². The molecular formula is C18H16N2O3. The molecule has 0 bridgehead atoms. The Morgan fingerprint density at radius 3 is 2.61 bits per heavy atom. The number of benzene rings is 2. The van der Waals surface area contributed by atoms with Crippen LogP contribution in [0.25, 0.3) is 6.08 Å². The molecule has 2 aromatic rings. The predicted octanol–water partition coefficient (Wildman–Crippen LogP) is 3.59. The molecule has 23 heavy (non-hydrogen) atoms. The maximum absolute atomic E-state index is 12.5. The third-order valence-electron chi connectivity index (χ3n) is 3.97. The van der Waals surface area contributed by atoms with Crippen LogP contribution in [-0.4, -0.2) is 16.9 Å². The van der Waals surface area contributed by atoms with Crippen molar-refractivity contribution in [1.82, 2.24) is 0 Å². The second kappa shape index (κ2) is 6.04. The molecule has 5 nitrogen and oxygen atoms in total. The number of nitro benzene ring substituents is 1. The number of carbonyl (C=O) groups is 1. The number of amides is 1. The van der Waals surface area contributed by atoms with Crippen LogP contribution in [0.4, 0.5) is 11.4 Å². The Morgan fingerprint density at radius 1 is 1.22 bits per heavy atom. The maximum atomic E-state index is 12.5. The number of hydrogen-bond donors (Lipinski definition) is 0. The van der Waals surface area contributed by atoms with E-state index < -0.39 is 4.92 Å². The van der Waals surface area contributed by atoms with E-state index >= 15 is 0 Å². The monoisotopic (exact) mass is 308 g/mol. The molecular weight excluding hydrogens is 292 g/mol. The minimum Gasteiger partial charge on any atom is -0.305 e. The molecule has 0 fully saturated rings. The van der Waals surface area contributed by atoms with Gasteiger partial charge in [-0.3, -0.25) is 14.9 Å². The molecule has 0 radical (unpaired) electrons. The van der Waals surface area contributed by atoms with Gasteiger partial charge in [-0.25, -0.2) is 0 Å². The van der Waals surface area contributed by atoms with Gasteiger partial charge in [-0.05, 0) is 48.7 Å². The Kier molecular flexibility index (Phi) is 3.93. The molecule has 1 aliphatic heterocycles. The van der Waals surface area contributed by atoms with E-state index in [2.05, 4.69) is 0 Å². The second-order valence-electron chi connectivity index (χ2n) is 5.57. The molecule has 116 valence electrons. The van der Waals surface area contributed by atoms with Gasteiger partial charge in [0.25, 0.3) is 11.6 Å². The third kappa shape index (κ3) is 2.99. The minimum absolute atomic E-state index is 0.0376. The topological polar surface area (TPSA) is 63.5 Å². The van der Waals surface area contributed by atoms with Crippen molar-refractivity contribution in [3.05, 3.63) is 75.8 Å². The van der Waals surface area contributed by atoms with Gasteiger partial charge in [0.1, 0.15) is 0 Å². The van der Waals surface area contributed by atoms with E-state index in [-0.39, 0.29) is 17.6 Å². The first-order chi connectivity index (χ1) is 11.1. The molecule has 2 aromatic carbocycles. The highest BCUT2D eigenvalue weighted by Crippen LogP contribution is 2.32. The fourth-order valence-corrected chi connectivity index (χ4v) is 2.86. The van der Waals surface area contributed by atoms with E-state index in [1.807, 2.05) is 31.2 Å². The van der Waals surface area contributed by atoms with Crippen molar-refractivity contribution in [1.29, 1.82) is 0 Å². The lowest BCUT2D eigenvalue weighted by Gasteiger charge is -2.20. The van der Waals surface area contributed by atoms with E-state index in [1.54, 1.807) is 23.1 Å². The predicted molar refractivity (Wildman–Crippen MR) is 89.2 cm³/mol. The van der Waals surface area contributed by atoms with Gasteiger partial charge in [-0.1, -0.05) is 18.2 Å². The van der Waals surface area contributed by atoms with Crippen molar-refractivity contribution < 1.29 is 9.72 Å². The first-order valence-electron chi connectivity index (χ1n) is 7.40. The van der Waals surface area contributed by atoms with Crippen molar-refractivity contribution in [2.75, 3.05) is 4.90 Å². The summed E-state index contributed by atoms with van der Waals surface area (Å²) in [4.78, 5) is 24.5. The summed E-state index contributed by atoms with van der Waals surface area (Å²) >= 11 is 0. The van der Waals surface area contributed by atoms with Crippen LogP contribution in [0.2, 0.25) is 0 Å². The molecule has 1 atom stereocenters. The molecule has 1 amide bonds. The zero-order valence-electron chi connectivity index (χ0n) is 12.7. The number of hydrogen-bond acceptors (Lipinski definition) is 3. The van der Waals surface area contributed by atoms with Crippen molar-refractivity contribution in [3.8, 4) is 0 Å². The highest BCUT2D eigenvalue weighted by Gasteiger charge is 2.29. The average molecular weight is 308 g/mol. The van der Waals surface area contributed by atoms with Gasteiger partial charge in [0.15, 0.2) is 0 Å². The van der Waals surface area contributed by atoms with Crippen molar-refractivity contribution in [3.63, 3.8) is 0 Å². The average Bonchev–Trinajstić information content (AvgIpc) is 2.88. The fourth-order valence-electron chi connectivity index (χ4n) is 2.86. The molecule has 0 saturated carbocycles. The van der Waals surface area contributed by atoms with Crippen molar-refractivity contribution in [2.45, 2.75) is 19.4 Å². The number of anilines is 1. The molecule has 3 rings (SSSR count). The van der Waals surface area contributed by atoms with Gasteiger partial charge in [0.2, 0.25) is 0 Å². The van der Waals surface area contributed by atoms with Gasteiger partial charge in [-0.15, -0.1) is 0 Å². The van der Waals surface area contributed by atoms with Crippen LogP contribution in [0.3, 0.4) is 0 Å². The minimum atomic E-state index is -0.443. The van der Waals surface area contributed by atoms with E-state index in [0.29, 0.717) is 0 Å². The molecule has 0 N–H and O–H groups in total. The number of para-hydroxylation sites is 1. The number of nitro groups is 1. The number of carbonyl (C=O) groups excluding carboxylic acids is 1. The quantitative estimate of drug-likeness (QED) is 0.494. The summed E-state index contributed by atoms with van der Waals surface area (Å²) in [5, 5.41) is 10.6. The van der Waals surface area contributed by atoms with E-state index in [1.165, 1.54) is 23.8 Å². The Balaban J connectivity index is 1.78. The molecule has 1 heterocycles. The molecule has 5 heteroatoms. The van der Waals surface area contributed by atoms with Crippen LogP contribution in [0.5, 0.6) is 0 Å². The number of nitrogens with zero attached hydrogens (tertiary/aromatic N) is 2. The van der Waals surface area contributed by atoms with Crippen LogP contribution >= 0.6 is 0 Å². The van der Waals surface area contributed by atoms with Crippen LogP contribution in [-0.2, 0) is 11.2 Å². The first kappa shape index (κ1) is 15.0. The lowest BCUT2D eigenvalue weighted by Crippen LogP contribution is -2.34. The van der Waals surface area contributed by atoms with E-state index in [4.69, 9.17) is 0 Å². The largest absolute Gasteiger partial charge is 0.305 e. The zero-order chi connectivity index (χ0) is 16.4. The summed E-state index contributed by atoms with van der Waals surface area (Å²) in [5.74, 6) is -0.0826. The van der Waals surface area contributed by atoms with Crippen LogP contribution in [0.1, 0.15) is 18.1 Å². The Hall–Kier alpha value is -2.95. The summed E-state index contributed by atoms with van der Waals surface area (Å²) in [6.07, 6.45) is 4.05. The number of rotatable bonds is 3. The van der Waals surface area contributed by atoms with Gasteiger partial charge >= 0.3 is 0 Å². The third-order valence-corrected chi connectivity index (χ3v) is 3.97. The van der Waals surface area contributed by atoms with Crippen molar-refractivity contribution in [2.24, 2.45) is 0 Å². The lowest BCUT2D eigenvalue weighted by atomic mass is 10.1. The molecule has 0 aliphatic carbocycles. The molecule has 0 spiro atoms. The smallest absolute Gasteiger partial charge is 0.269 e. The summed E-state index contributed by atoms with van der Waals surface area (Å²) < 4.78 is 0. The van der Waals surface area contributed by atoms with Gasteiger partial charge < -0.3 is 4.90 Å². The van der Waals surface area contributed by atoms with Gasteiger partial charge in [0.05, 0.1) is 4.92 Å². The summed E-state index contributed by atoms with van der Waals surface area (Å²) in [6.45, 7) is 2.03. The second-order valence-corrected chi connectivity index (χ2v) is 5.57. The number of non-ortho nitro benzene ring substituents is 1. The standard InChI is InChI=1S/C18H16N2O3/c1-13-12-15-4-2-3-5-17(15)19(13)18(21)11-8-14-6-9-16(10-7-14)20(22)23/h2-11,13H,12H2,1H3/b11-8+. The summed E-state index contributed by atoms with van der Waals surface area (Å²) in [5.41, 5.74) is 2.93. The molecule has 1 aliphatic rings. The highest BCUT2D eigenvalue weighted by atomic mass is 16.6. The zero-order valence-corrected chi connectivity index (χ0v) is 12.7. The Bertz CT molecular complexity index is 781. The normalized spacial score (nSPS) is 16.6. The molecule has 0 aromatic heterocycles. The van der Waals surface area contributed by atoms with Crippen LogP contribution < -0.4 is 4.90 Å². The van der Waals surface area contributed by atoms with Crippen LogP contribution in [0.15, 0.2) is 54.6 Å². The first-order valence-corrected chi connectivity index (χ1v) is 7.40. The van der Waals surface area contributed by atoms with Gasteiger partial charge in [0, 0.05) is 29.9 Å². The molecule has 1 unspecified atom stereocenters. The summed E-state index contributed by atoms with van der Waals surface area (Å²) in [7, 11) is 0. The maximum Gasteiger partial charge on any atom is 0.269 e. The SMILES string of the molecule is CC1Cc2ccccc2N1C(=O)/C=C/c1ccc([N+](=O)[O-])cc1. The summed E-state index contributed by atoms with van der Waals surface area (Å²) in [6, 6.07) is 14.1. The van der Waals surface area contributed by atoms with E-state index in [9.17, 15) is 14.9 Å². The van der Waals surface area contributed by atoms with Gasteiger partial charge in [-0.2, -0.15) is 0 Å². The highest BCUT2D eigenvalue weighted by molar-refractivity contribution is 6.05. The lowest BCUT2D eigenvalue weighted by molar-refractivity contribution is -0.384. The Labute approximate surface area is 134 Å². The molecule has 0 saturated heterocycles. The fraction of sp³-hybridized carbons (Fsp3) is 0.167. The van der Waals surface area contributed by atoms with E-state index in [0.717, 1.165) is 17.7 Å². The number of fused-ring (bicyclic) bond motifs is 1. The van der Waals surface area contributed by atoms with Crippen LogP contribution in [0, 0.1) is 10.1 Å².